The molecule has 0 saturated carbocycles. The number of nitrogens with zero attached hydrogens (tertiary/aromatic N) is 1. The number of hydrogen-bond acceptors (Lipinski definition) is 3. The minimum Gasteiger partial charge on any atom is -0.380 e. The zero-order chi connectivity index (χ0) is 11.1. The van der Waals surface area contributed by atoms with Crippen molar-refractivity contribution in [1.29, 1.82) is 0 Å². The second-order valence-corrected chi connectivity index (χ2v) is 4.65. The second-order valence-electron chi connectivity index (χ2n) is 4.65. The Bertz CT molecular complexity index is 164. The Labute approximate surface area is 94.0 Å². The summed E-state index contributed by atoms with van der Waals surface area (Å²) in [6, 6.07) is 0. The van der Waals surface area contributed by atoms with Gasteiger partial charge in [-0.1, -0.05) is 13.3 Å². The fourth-order valence-electron chi connectivity index (χ4n) is 2.43. The van der Waals surface area contributed by atoms with E-state index >= 15 is 0 Å². The molecule has 2 atom stereocenters. The third kappa shape index (κ3) is 4.49. The molecule has 1 fully saturated rings. The lowest BCUT2D eigenvalue weighted by Gasteiger charge is -2.34. The van der Waals surface area contributed by atoms with E-state index in [0.29, 0.717) is 12.0 Å². The van der Waals surface area contributed by atoms with E-state index in [0.717, 1.165) is 19.6 Å². The van der Waals surface area contributed by atoms with E-state index in [9.17, 15) is 0 Å². The lowest BCUT2D eigenvalue weighted by Crippen LogP contribution is -2.42. The van der Waals surface area contributed by atoms with Crippen LogP contribution in [0.25, 0.3) is 0 Å². The summed E-state index contributed by atoms with van der Waals surface area (Å²) in [6.07, 6.45) is 5.42. The van der Waals surface area contributed by atoms with Crippen LogP contribution in [0, 0.1) is 5.92 Å². The third-order valence-electron chi connectivity index (χ3n) is 3.34. The normalized spacial score (nSPS) is 25.4. The average Bonchev–Trinajstić information content (AvgIpc) is 2.29. The molecule has 1 heterocycles. The van der Waals surface area contributed by atoms with Crippen molar-refractivity contribution in [1.82, 2.24) is 4.90 Å². The Hall–Kier alpha value is -0.120. The van der Waals surface area contributed by atoms with E-state index in [1.807, 2.05) is 7.11 Å². The number of ether oxygens (including phenoxy) is 1. The fraction of sp³-hybridized carbons (Fsp3) is 1.00. The molecule has 3 heteroatoms. The highest BCUT2D eigenvalue weighted by molar-refractivity contribution is 4.75. The van der Waals surface area contributed by atoms with Crippen molar-refractivity contribution < 1.29 is 4.74 Å². The van der Waals surface area contributed by atoms with E-state index < -0.39 is 0 Å². The summed E-state index contributed by atoms with van der Waals surface area (Å²) in [5.74, 6) is 0.672. The quantitative estimate of drug-likeness (QED) is 0.728. The first kappa shape index (κ1) is 12.9. The Morgan fingerprint density at radius 2 is 2.33 bits per heavy atom. The molecule has 0 amide bonds. The number of methoxy groups -OCH3 is 1. The van der Waals surface area contributed by atoms with Gasteiger partial charge in [0, 0.05) is 20.2 Å². The summed E-state index contributed by atoms with van der Waals surface area (Å²) in [6.45, 7) is 6.53. The van der Waals surface area contributed by atoms with Crippen LogP contribution >= 0.6 is 0 Å². The van der Waals surface area contributed by atoms with Crippen LogP contribution in [-0.4, -0.2) is 44.3 Å². The van der Waals surface area contributed by atoms with Gasteiger partial charge in [0.2, 0.25) is 0 Å². The summed E-state index contributed by atoms with van der Waals surface area (Å²) < 4.78 is 5.42. The van der Waals surface area contributed by atoms with E-state index in [1.165, 1.54) is 32.2 Å². The fourth-order valence-corrected chi connectivity index (χ4v) is 2.43. The molecule has 0 aromatic heterocycles. The standard InChI is InChI=1S/C12H26N2O/c1-3-5-11(8-13)9-14-7-4-6-12(10-14)15-2/h11-12H,3-10,13H2,1-2H3. The van der Waals surface area contributed by atoms with Crippen LogP contribution in [-0.2, 0) is 4.74 Å². The Kier molecular flexibility index (Phi) is 6.22. The summed E-state index contributed by atoms with van der Waals surface area (Å²) in [5.41, 5.74) is 5.79. The number of hydrogen-bond donors (Lipinski definition) is 1. The molecule has 0 spiro atoms. The number of nitrogens with two attached hydrogens (primary N) is 1. The van der Waals surface area contributed by atoms with Crippen LogP contribution in [0.3, 0.4) is 0 Å². The van der Waals surface area contributed by atoms with Gasteiger partial charge in [-0.3, -0.25) is 0 Å². The summed E-state index contributed by atoms with van der Waals surface area (Å²) in [7, 11) is 1.82. The Morgan fingerprint density at radius 3 is 2.93 bits per heavy atom. The van der Waals surface area contributed by atoms with Gasteiger partial charge in [-0.15, -0.1) is 0 Å². The molecule has 2 N–H and O–H groups in total. The highest BCUT2D eigenvalue weighted by Crippen LogP contribution is 2.15. The van der Waals surface area contributed by atoms with Crippen molar-refractivity contribution in [2.75, 3.05) is 33.3 Å². The van der Waals surface area contributed by atoms with Gasteiger partial charge in [-0.25, -0.2) is 0 Å². The van der Waals surface area contributed by atoms with Crippen molar-refractivity contribution in [2.24, 2.45) is 11.7 Å². The van der Waals surface area contributed by atoms with Gasteiger partial charge in [-0.05, 0) is 38.3 Å². The van der Waals surface area contributed by atoms with Crippen LogP contribution < -0.4 is 5.73 Å². The highest BCUT2D eigenvalue weighted by atomic mass is 16.5. The van der Waals surface area contributed by atoms with Crippen molar-refractivity contribution in [3.63, 3.8) is 0 Å². The maximum atomic E-state index is 5.79. The van der Waals surface area contributed by atoms with Crippen molar-refractivity contribution in [3.8, 4) is 0 Å². The predicted molar refractivity (Wildman–Crippen MR) is 63.9 cm³/mol. The molecule has 2 unspecified atom stereocenters. The summed E-state index contributed by atoms with van der Waals surface area (Å²) in [4.78, 5) is 2.52. The minimum atomic E-state index is 0.443. The van der Waals surface area contributed by atoms with Gasteiger partial charge in [0.15, 0.2) is 0 Å². The van der Waals surface area contributed by atoms with Gasteiger partial charge < -0.3 is 15.4 Å². The largest absolute Gasteiger partial charge is 0.380 e. The molecule has 0 aromatic carbocycles. The molecular weight excluding hydrogens is 188 g/mol. The van der Waals surface area contributed by atoms with Gasteiger partial charge in [0.1, 0.15) is 0 Å². The van der Waals surface area contributed by atoms with Crippen LogP contribution in [0.2, 0.25) is 0 Å². The minimum absolute atomic E-state index is 0.443. The molecule has 1 aliphatic rings. The monoisotopic (exact) mass is 214 g/mol. The molecule has 1 saturated heterocycles. The number of rotatable bonds is 6. The lowest BCUT2D eigenvalue weighted by molar-refractivity contribution is 0.0258. The molecular formula is C12H26N2O. The highest BCUT2D eigenvalue weighted by Gasteiger charge is 2.21. The van der Waals surface area contributed by atoms with E-state index in [4.69, 9.17) is 10.5 Å². The Balaban J connectivity index is 2.29. The maximum Gasteiger partial charge on any atom is 0.0698 e. The van der Waals surface area contributed by atoms with Crippen LogP contribution in [0.4, 0.5) is 0 Å². The van der Waals surface area contributed by atoms with Crippen LogP contribution in [0.15, 0.2) is 0 Å². The number of piperidine rings is 1. The molecule has 0 aromatic rings. The van der Waals surface area contributed by atoms with Gasteiger partial charge in [0.05, 0.1) is 6.10 Å². The van der Waals surface area contributed by atoms with Crippen molar-refractivity contribution in [2.45, 2.75) is 38.7 Å². The van der Waals surface area contributed by atoms with Gasteiger partial charge in [-0.2, -0.15) is 0 Å². The number of likely N-dealkylation sites (tertiary alicyclic amines) is 1. The van der Waals surface area contributed by atoms with Gasteiger partial charge in [0.25, 0.3) is 0 Å². The topological polar surface area (TPSA) is 38.5 Å². The first-order valence-electron chi connectivity index (χ1n) is 6.25. The molecule has 90 valence electrons. The molecule has 3 nitrogen and oxygen atoms in total. The first-order valence-corrected chi connectivity index (χ1v) is 6.25. The average molecular weight is 214 g/mol. The molecule has 1 aliphatic heterocycles. The zero-order valence-corrected chi connectivity index (χ0v) is 10.2. The van der Waals surface area contributed by atoms with E-state index in [1.54, 1.807) is 0 Å². The SMILES string of the molecule is CCCC(CN)CN1CCCC(OC)C1. The zero-order valence-electron chi connectivity index (χ0n) is 10.2. The molecule has 15 heavy (non-hydrogen) atoms. The smallest absolute Gasteiger partial charge is 0.0698 e. The van der Waals surface area contributed by atoms with E-state index in [2.05, 4.69) is 11.8 Å². The molecule has 0 radical (unpaired) electrons. The molecule has 1 rings (SSSR count). The third-order valence-corrected chi connectivity index (χ3v) is 3.34. The van der Waals surface area contributed by atoms with Crippen LogP contribution in [0.1, 0.15) is 32.6 Å². The summed E-state index contributed by atoms with van der Waals surface area (Å²) in [5, 5.41) is 0. The van der Waals surface area contributed by atoms with Gasteiger partial charge >= 0.3 is 0 Å². The predicted octanol–water partition coefficient (Wildman–Crippen LogP) is 1.47. The molecule has 0 aliphatic carbocycles. The van der Waals surface area contributed by atoms with Crippen LogP contribution in [0.5, 0.6) is 0 Å². The Morgan fingerprint density at radius 1 is 1.53 bits per heavy atom. The maximum absolute atomic E-state index is 5.79. The van der Waals surface area contributed by atoms with Crippen molar-refractivity contribution >= 4 is 0 Å². The van der Waals surface area contributed by atoms with Crippen molar-refractivity contribution in [3.05, 3.63) is 0 Å². The first-order chi connectivity index (χ1) is 7.30. The van der Waals surface area contributed by atoms with E-state index in [-0.39, 0.29) is 0 Å². The lowest BCUT2D eigenvalue weighted by atomic mass is 10.0. The second kappa shape index (κ2) is 7.20. The summed E-state index contributed by atoms with van der Waals surface area (Å²) >= 11 is 0. The molecule has 0 bridgehead atoms.